The lowest BCUT2D eigenvalue weighted by Crippen LogP contribution is -2.49. The van der Waals surface area contributed by atoms with E-state index in [0.717, 1.165) is 12.8 Å². The number of hydrogen-bond donors (Lipinski definition) is 4. The van der Waals surface area contributed by atoms with Crippen LogP contribution in [0.25, 0.3) is 0 Å². The molecule has 0 fully saturated rings. The van der Waals surface area contributed by atoms with Gasteiger partial charge in [-0.05, 0) is 45.6 Å². The van der Waals surface area contributed by atoms with Gasteiger partial charge in [0.2, 0.25) is 5.91 Å². The zero-order valence-electron chi connectivity index (χ0n) is 14.2. The van der Waals surface area contributed by atoms with Crippen molar-refractivity contribution in [1.29, 1.82) is 0 Å². The van der Waals surface area contributed by atoms with Crippen LogP contribution in [0, 0.1) is 5.92 Å². The number of nitrogens with zero attached hydrogens (tertiary/aromatic N) is 1. The summed E-state index contributed by atoms with van der Waals surface area (Å²) in [5.41, 5.74) is 10.5. The van der Waals surface area contributed by atoms with Crippen molar-refractivity contribution in [3.63, 3.8) is 0 Å². The Balaban J connectivity index is 4.32. The van der Waals surface area contributed by atoms with Gasteiger partial charge in [-0.2, -0.15) is 0 Å². The van der Waals surface area contributed by atoms with E-state index in [0.29, 0.717) is 25.3 Å². The summed E-state index contributed by atoms with van der Waals surface area (Å²) in [5, 5.41) is 5.83. The van der Waals surface area contributed by atoms with Crippen molar-refractivity contribution >= 4 is 17.6 Å². The summed E-state index contributed by atoms with van der Waals surface area (Å²) in [6.07, 6.45) is 2.97. The number of nitrogens with one attached hydrogen (secondary N) is 2. The van der Waals surface area contributed by atoms with Gasteiger partial charge in [-0.1, -0.05) is 13.8 Å². The summed E-state index contributed by atoms with van der Waals surface area (Å²) in [5.74, 6) is 0.289. The fourth-order valence-corrected chi connectivity index (χ4v) is 2.15. The van der Waals surface area contributed by atoms with Gasteiger partial charge in [-0.25, -0.2) is 0 Å². The summed E-state index contributed by atoms with van der Waals surface area (Å²) in [6, 6.07) is -0.724. The minimum absolute atomic E-state index is 0.00957. The van der Waals surface area contributed by atoms with E-state index < -0.39 is 6.04 Å². The predicted octanol–water partition coefficient (Wildman–Crippen LogP) is 0.138. The van der Waals surface area contributed by atoms with Crippen LogP contribution in [0.4, 0.5) is 0 Å². The Hall–Kier alpha value is -1.63. The number of aliphatic imine (C=N–C) groups is 1. The van der Waals surface area contributed by atoms with Crippen molar-refractivity contribution in [3.8, 4) is 0 Å². The van der Waals surface area contributed by atoms with E-state index in [4.69, 9.17) is 11.5 Å². The minimum atomic E-state index is -0.412. The molecular weight excluding hydrogens is 282 g/mol. The zero-order chi connectivity index (χ0) is 17.1. The van der Waals surface area contributed by atoms with Crippen LogP contribution in [-0.2, 0) is 9.59 Å². The van der Waals surface area contributed by atoms with Gasteiger partial charge in [0.05, 0.1) is 12.1 Å². The molecule has 0 rings (SSSR count). The number of rotatable bonds is 11. The van der Waals surface area contributed by atoms with E-state index in [2.05, 4.69) is 15.6 Å². The standard InChI is InChI=1S/C15H31N5O2/c1-10(2)9-13(11(3)21)20-14(22)12(18-4)7-5-6-8-19-15(16)17/h10,12-13,18H,5-9H2,1-4H3,(H,20,22)(H4,16,17,19)/t12-,13?/m0/s1. The van der Waals surface area contributed by atoms with Crippen LogP contribution < -0.4 is 22.1 Å². The second kappa shape index (κ2) is 11.0. The first-order valence-electron chi connectivity index (χ1n) is 7.81. The van der Waals surface area contributed by atoms with Crippen molar-refractivity contribution in [2.45, 2.75) is 58.5 Å². The smallest absolute Gasteiger partial charge is 0.237 e. The van der Waals surface area contributed by atoms with E-state index >= 15 is 0 Å². The second-order valence-corrected chi connectivity index (χ2v) is 5.95. The summed E-state index contributed by atoms with van der Waals surface area (Å²) in [4.78, 5) is 27.8. The average Bonchev–Trinajstić information content (AvgIpc) is 2.40. The molecule has 6 N–H and O–H groups in total. The summed E-state index contributed by atoms with van der Waals surface area (Å²) in [7, 11) is 1.74. The van der Waals surface area contributed by atoms with Gasteiger partial charge in [0.25, 0.3) is 0 Å². The molecule has 0 radical (unpaired) electrons. The first-order chi connectivity index (χ1) is 10.3. The zero-order valence-corrected chi connectivity index (χ0v) is 14.2. The first-order valence-corrected chi connectivity index (χ1v) is 7.81. The Bertz CT molecular complexity index is 378. The van der Waals surface area contributed by atoms with E-state index in [9.17, 15) is 9.59 Å². The summed E-state index contributed by atoms with van der Waals surface area (Å²) >= 11 is 0. The average molecular weight is 313 g/mol. The Morgan fingerprint density at radius 2 is 1.77 bits per heavy atom. The maximum absolute atomic E-state index is 12.2. The number of guanidine groups is 1. The van der Waals surface area contributed by atoms with E-state index in [1.54, 1.807) is 7.05 Å². The number of unbranched alkanes of at least 4 members (excludes halogenated alkanes) is 1. The van der Waals surface area contributed by atoms with Crippen LogP contribution in [0.2, 0.25) is 0 Å². The fraction of sp³-hybridized carbons (Fsp3) is 0.800. The van der Waals surface area contributed by atoms with Crippen molar-refractivity contribution in [3.05, 3.63) is 0 Å². The van der Waals surface area contributed by atoms with Crippen molar-refractivity contribution in [2.24, 2.45) is 22.4 Å². The first kappa shape index (κ1) is 20.4. The van der Waals surface area contributed by atoms with Crippen molar-refractivity contribution < 1.29 is 9.59 Å². The molecule has 0 saturated heterocycles. The molecule has 7 nitrogen and oxygen atoms in total. The SMILES string of the molecule is CN[C@@H](CCCCN=C(N)N)C(=O)NC(CC(C)C)C(C)=O. The van der Waals surface area contributed by atoms with Gasteiger partial charge in [0.15, 0.2) is 11.7 Å². The van der Waals surface area contributed by atoms with Gasteiger partial charge < -0.3 is 22.1 Å². The molecule has 0 aliphatic heterocycles. The monoisotopic (exact) mass is 313 g/mol. The lowest BCUT2D eigenvalue weighted by molar-refractivity contribution is -0.128. The lowest BCUT2D eigenvalue weighted by atomic mass is 10.00. The quantitative estimate of drug-likeness (QED) is 0.245. The molecule has 7 heteroatoms. The molecule has 2 atom stereocenters. The third-order valence-electron chi connectivity index (χ3n) is 3.37. The van der Waals surface area contributed by atoms with Crippen LogP contribution in [0.15, 0.2) is 4.99 Å². The molecule has 128 valence electrons. The summed E-state index contributed by atoms with van der Waals surface area (Å²) < 4.78 is 0. The van der Waals surface area contributed by atoms with Gasteiger partial charge in [0.1, 0.15) is 0 Å². The fourth-order valence-electron chi connectivity index (χ4n) is 2.15. The van der Waals surface area contributed by atoms with Crippen LogP contribution in [-0.4, -0.2) is 43.3 Å². The topological polar surface area (TPSA) is 123 Å². The molecule has 0 saturated carbocycles. The number of amides is 1. The van der Waals surface area contributed by atoms with Crippen LogP contribution in [0.1, 0.15) is 46.5 Å². The van der Waals surface area contributed by atoms with Gasteiger partial charge in [-0.15, -0.1) is 0 Å². The molecule has 0 aliphatic carbocycles. The van der Waals surface area contributed by atoms with Gasteiger partial charge in [0, 0.05) is 6.54 Å². The number of carbonyl (C=O) groups is 2. The van der Waals surface area contributed by atoms with Crippen LogP contribution in [0.3, 0.4) is 0 Å². The Morgan fingerprint density at radius 3 is 2.23 bits per heavy atom. The lowest BCUT2D eigenvalue weighted by Gasteiger charge is -2.22. The maximum atomic E-state index is 12.2. The van der Waals surface area contributed by atoms with Gasteiger partial charge >= 0.3 is 0 Å². The van der Waals surface area contributed by atoms with E-state index in [1.165, 1.54) is 6.92 Å². The molecule has 22 heavy (non-hydrogen) atoms. The highest BCUT2D eigenvalue weighted by Crippen LogP contribution is 2.07. The van der Waals surface area contributed by atoms with Crippen molar-refractivity contribution in [2.75, 3.05) is 13.6 Å². The Kier molecular flexibility index (Phi) is 10.2. The molecule has 0 aromatic carbocycles. The maximum Gasteiger partial charge on any atom is 0.237 e. The predicted molar refractivity (Wildman–Crippen MR) is 89.4 cm³/mol. The normalized spacial score (nSPS) is 13.5. The molecule has 0 spiro atoms. The van der Waals surface area contributed by atoms with Crippen molar-refractivity contribution in [1.82, 2.24) is 10.6 Å². The molecular formula is C15H31N5O2. The molecule has 0 bridgehead atoms. The largest absolute Gasteiger partial charge is 0.370 e. The minimum Gasteiger partial charge on any atom is -0.370 e. The van der Waals surface area contributed by atoms with Crippen LogP contribution >= 0.6 is 0 Å². The third-order valence-corrected chi connectivity index (χ3v) is 3.37. The van der Waals surface area contributed by atoms with E-state index in [1.807, 2.05) is 13.8 Å². The summed E-state index contributed by atoms with van der Waals surface area (Å²) in [6.45, 7) is 6.13. The molecule has 0 heterocycles. The number of hydrogen-bond acceptors (Lipinski definition) is 4. The van der Waals surface area contributed by atoms with Crippen LogP contribution in [0.5, 0.6) is 0 Å². The molecule has 0 aromatic rings. The van der Waals surface area contributed by atoms with E-state index in [-0.39, 0.29) is 23.7 Å². The Labute approximate surface area is 133 Å². The number of nitrogens with two attached hydrogens (primary N) is 2. The molecule has 0 aliphatic rings. The molecule has 1 amide bonds. The second-order valence-electron chi connectivity index (χ2n) is 5.95. The highest BCUT2D eigenvalue weighted by atomic mass is 16.2. The molecule has 0 aromatic heterocycles. The number of likely N-dealkylation sites (N-methyl/N-ethyl adjacent to an activating group) is 1. The highest BCUT2D eigenvalue weighted by Gasteiger charge is 2.22. The number of ketones is 1. The third kappa shape index (κ3) is 9.33. The highest BCUT2D eigenvalue weighted by molar-refractivity contribution is 5.89. The van der Waals surface area contributed by atoms with Gasteiger partial charge in [-0.3, -0.25) is 14.6 Å². The number of Topliss-reactive ketones (excluding diaryl/α,β-unsaturated/α-hetero) is 1. The molecule has 1 unspecified atom stereocenters. The Morgan fingerprint density at radius 1 is 1.14 bits per heavy atom. The number of carbonyl (C=O) groups excluding carboxylic acids is 2.